The maximum atomic E-state index is 12.7. The number of benzene rings is 3. The number of nitrogens with zero attached hydrogens (tertiary/aromatic N) is 4. The van der Waals surface area contributed by atoms with Crippen LogP contribution in [0.2, 0.25) is 0 Å². The highest BCUT2D eigenvalue weighted by Gasteiger charge is 2.15. The predicted molar refractivity (Wildman–Crippen MR) is 150 cm³/mol. The molecule has 2 heterocycles. The van der Waals surface area contributed by atoms with Gasteiger partial charge in [0.05, 0.1) is 16.0 Å². The van der Waals surface area contributed by atoms with Crippen LogP contribution in [0.5, 0.6) is 0 Å². The topological polar surface area (TPSA) is 72.7 Å². The number of carbonyl (C=O) groups is 1. The summed E-state index contributed by atoms with van der Waals surface area (Å²) in [7, 11) is 0. The Balaban J connectivity index is 1.24. The largest absolute Gasteiger partial charge is 0.325 e. The molecule has 2 aromatic heterocycles. The summed E-state index contributed by atoms with van der Waals surface area (Å²) < 4.78 is 3.16. The van der Waals surface area contributed by atoms with Crippen LogP contribution in [-0.2, 0) is 11.3 Å². The Kier molecular flexibility index (Phi) is 6.97. The first-order valence-corrected chi connectivity index (χ1v) is 13.3. The summed E-state index contributed by atoms with van der Waals surface area (Å²) >= 11 is 3.03. The van der Waals surface area contributed by atoms with Gasteiger partial charge in [0.1, 0.15) is 5.01 Å². The highest BCUT2D eigenvalue weighted by Crippen LogP contribution is 2.31. The summed E-state index contributed by atoms with van der Waals surface area (Å²) in [5.41, 5.74) is 6.15. The van der Waals surface area contributed by atoms with Crippen molar-refractivity contribution in [2.75, 3.05) is 11.1 Å². The molecule has 0 saturated carbocycles. The number of carbonyl (C=O) groups excluding carboxylic acids is 1. The molecule has 0 saturated heterocycles. The van der Waals surface area contributed by atoms with Crippen molar-refractivity contribution < 1.29 is 4.79 Å². The van der Waals surface area contributed by atoms with Crippen LogP contribution in [0, 0.1) is 13.8 Å². The van der Waals surface area contributed by atoms with Crippen molar-refractivity contribution in [3.63, 3.8) is 0 Å². The van der Waals surface area contributed by atoms with Gasteiger partial charge >= 0.3 is 0 Å². The third-order valence-electron chi connectivity index (χ3n) is 5.60. The Morgan fingerprint density at radius 1 is 1.03 bits per heavy atom. The number of amides is 1. The van der Waals surface area contributed by atoms with Gasteiger partial charge < -0.3 is 5.32 Å². The Morgan fingerprint density at radius 2 is 1.83 bits per heavy atom. The molecular weight excluding hydrogens is 486 g/mol. The van der Waals surface area contributed by atoms with Gasteiger partial charge in [-0.2, -0.15) is 0 Å². The van der Waals surface area contributed by atoms with Gasteiger partial charge in [-0.3, -0.25) is 9.36 Å². The summed E-state index contributed by atoms with van der Waals surface area (Å²) in [5.74, 6) is 0.887. The van der Waals surface area contributed by atoms with E-state index in [1.165, 1.54) is 22.0 Å². The van der Waals surface area contributed by atoms with Gasteiger partial charge in [-0.05, 0) is 61.9 Å². The van der Waals surface area contributed by atoms with Crippen LogP contribution in [0.25, 0.3) is 32.2 Å². The van der Waals surface area contributed by atoms with Gasteiger partial charge in [-0.1, -0.05) is 47.7 Å². The van der Waals surface area contributed by atoms with E-state index in [0.29, 0.717) is 11.7 Å². The minimum atomic E-state index is -0.103. The van der Waals surface area contributed by atoms with Gasteiger partial charge in [0.25, 0.3) is 0 Å². The monoisotopic (exact) mass is 511 g/mol. The van der Waals surface area contributed by atoms with Crippen LogP contribution in [-0.4, -0.2) is 31.4 Å². The number of hydrogen-bond acceptors (Lipinski definition) is 6. The van der Waals surface area contributed by atoms with Crippen molar-refractivity contribution >= 4 is 44.9 Å². The number of hydrogen-bond donors (Lipinski definition) is 1. The molecule has 0 bridgehead atoms. The maximum Gasteiger partial charge on any atom is 0.234 e. The maximum absolute atomic E-state index is 12.7. The van der Waals surface area contributed by atoms with Crippen LogP contribution in [0.15, 0.2) is 84.5 Å². The van der Waals surface area contributed by atoms with E-state index in [-0.39, 0.29) is 11.7 Å². The van der Waals surface area contributed by atoms with E-state index in [0.717, 1.165) is 38.7 Å². The first-order valence-electron chi connectivity index (χ1n) is 11.5. The number of aryl methyl sites for hydroxylation is 2. The number of fused-ring (bicyclic) bond motifs is 1. The van der Waals surface area contributed by atoms with Crippen molar-refractivity contribution in [1.82, 2.24) is 19.7 Å². The molecule has 0 spiro atoms. The fourth-order valence-electron chi connectivity index (χ4n) is 3.87. The van der Waals surface area contributed by atoms with Gasteiger partial charge in [0, 0.05) is 23.4 Å². The molecule has 0 aliphatic rings. The number of nitrogens with one attached hydrogen (secondary N) is 1. The molecule has 1 amide bonds. The van der Waals surface area contributed by atoms with Crippen LogP contribution in [0.3, 0.4) is 0 Å². The molecule has 0 aliphatic carbocycles. The summed E-state index contributed by atoms with van der Waals surface area (Å²) in [6.07, 6.45) is 1.81. The van der Waals surface area contributed by atoms with Crippen molar-refractivity contribution in [2.45, 2.75) is 25.5 Å². The number of thioether (sulfide) groups is 1. The van der Waals surface area contributed by atoms with Crippen molar-refractivity contribution in [1.29, 1.82) is 0 Å². The van der Waals surface area contributed by atoms with Crippen LogP contribution >= 0.6 is 23.1 Å². The molecule has 3 aromatic carbocycles. The Morgan fingerprint density at radius 3 is 2.61 bits per heavy atom. The Bertz CT molecular complexity index is 1550. The molecule has 36 heavy (non-hydrogen) atoms. The molecular formula is C28H25N5OS2. The molecule has 0 atom stereocenters. The lowest BCUT2D eigenvalue weighted by molar-refractivity contribution is -0.113. The lowest BCUT2D eigenvalue weighted by atomic mass is 10.1. The number of rotatable bonds is 8. The van der Waals surface area contributed by atoms with E-state index in [1.54, 1.807) is 17.4 Å². The zero-order chi connectivity index (χ0) is 25.1. The van der Waals surface area contributed by atoms with Crippen molar-refractivity contribution in [2.24, 2.45) is 0 Å². The van der Waals surface area contributed by atoms with E-state index in [9.17, 15) is 4.79 Å². The second-order valence-corrected chi connectivity index (χ2v) is 10.5. The van der Waals surface area contributed by atoms with Crippen molar-refractivity contribution in [3.05, 3.63) is 90.5 Å². The molecule has 8 heteroatoms. The molecule has 180 valence electrons. The molecule has 0 fully saturated rings. The zero-order valence-corrected chi connectivity index (χ0v) is 21.7. The molecule has 5 aromatic rings. The van der Waals surface area contributed by atoms with Crippen molar-refractivity contribution in [3.8, 4) is 22.0 Å². The lowest BCUT2D eigenvalue weighted by Crippen LogP contribution is -2.14. The first kappa shape index (κ1) is 24.0. The standard InChI is InChI=1S/C28H25N5OS2/c1-4-14-33-26(21-7-5-6-18(2)15-21)31-32-28(33)35-17-25(34)29-22-11-9-20(10-12-22)27-30-23-13-8-19(3)16-24(23)36-27/h4-13,15-16H,1,14,17H2,2-3H3,(H,29,34). The molecule has 0 unspecified atom stereocenters. The zero-order valence-electron chi connectivity index (χ0n) is 20.1. The second kappa shape index (κ2) is 10.5. The summed E-state index contributed by atoms with van der Waals surface area (Å²) in [5, 5.41) is 13.3. The van der Waals surface area contributed by atoms with Gasteiger partial charge in [-0.25, -0.2) is 4.98 Å². The fourth-order valence-corrected chi connectivity index (χ4v) is 5.68. The number of allylic oxidation sites excluding steroid dienone is 1. The van der Waals surface area contributed by atoms with Gasteiger partial charge in [0.2, 0.25) is 5.91 Å². The minimum absolute atomic E-state index is 0.103. The normalized spacial score (nSPS) is 11.1. The third kappa shape index (κ3) is 5.24. The quantitative estimate of drug-likeness (QED) is 0.184. The van der Waals surface area contributed by atoms with E-state index < -0.39 is 0 Å². The molecule has 6 nitrogen and oxygen atoms in total. The molecule has 1 N–H and O–H groups in total. The fraction of sp³-hybridized carbons (Fsp3) is 0.143. The Hall–Kier alpha value is -3.75. The van der Waals surface area contributed by atoms with E-state index in [4.69, 9.17) is 4.98 Å². The number of anilines is 1. The number of aromatic nitrogens is 4. The predicted octanol–water partition coefficient (Wildman–Crippen LogP) is 6.76. The molecule has 0 aliphatic heterocycles. The minimum Gasteiger partial charge on any atom is -0.325 e. The average molecular weight is 512 g/mol. The SMILES string of the molecule is C=CCn1c(SCC(=O)Nc2ccc(-c3nc4ccc(C)cc4s3)cc2)nnc1-c1cccc(C)c1. The van der Waals surface area contributed by atoms with Crippen LogP contribution < -0.4 is 5.32 Å². The highest BCUT2D eigenvalue weighted by molar-refractivity contribution is 7.99. The summed E-state index contributed by atoms with van der Waals surface area (Å²) in [4.78, 5) is 17.4. The van der Waals surface area contributed by atoms with Gasteiger partial charge in [-0.15, -0.1) is 28.1 Å². The summed E-state index contributed by atoms with van der Waals surface area (Å²) in [6.45, 7) is 8.55. The third-order valence-corrected chi connectivity index (χ3v) is 7.63. The van der Waals surface area contributed by atoms with E-state index >= 15 is 0 Å². The first-order chi connectivity index (χ1) is 17.5. The van der Waals surface area contributed by atoms with Crippen LogP contribution in [0.1, 0.15) is 11.1 Å². The van der Waals surface area contributed by atoms with E-state index in [1.807, 2.05) is 54.0 Å². The second-order valence-electron chi connectivity index (χ2n) is 8.48. The van der Waals surface area contributed by atoms with Gasteiger partial charge in [0.15, 0.2) is 11.0 Å². The summed E-state index contributed by atoms with van der Waals surface area (Å²) in [6, 6.07) is 22.2. The molecule has 0 radical (unpaired) electrons. The van der Waals surface area contributed by atoms with Crippen LogP contribution in [0.4, 0.5) is 5.69 Å². The average Bonchev–Trinajstić information content (AvgIpc) is 3.47. The lowest BCUT2D eigenvalue weighted by Gasteiger charge is -2.09. The smallest absolute Gasteiger partial charge is 0.234 e. The Labute approximate surface area is 218 Å². The van der Waals surface area contributed by atoms with E-state index in [2.05, 4.69) is 53.3 Å². The highest BCUT2D eigenvalue weighted by atomic mass is 32.2. The number of thiazole rings is 1. The molecule has 5 rings (SSSR count).